The van der Waals surface area contributed by atoms with Crippen molar-refractivity contribution in [1.29, 1.82) is 0 Å². The fourth-order valence-corrected chi connectivity index (χ4v) is 3.10. The maximum atomic E-state index is 12.8. The number of benzene rings is 1. The van der Waals surface area contributed by atoms with Crippen molar-refractivity contribution in [2.45, 2.75) is 40.2 Å². The van der Waals surface area contributed by atoms with E-state index < -0.39 is 12.0 Å². The van der Waals surface area contributed by atoms with Crippen LogP contribution in [0.25, 0.3) is 0 Å². The minimum absolute atomic E-state index is 0.346. The van der Waals surface area contributed by atoms with Crippen LogP contribution in [0.4, 0.5) is 5.95 Å². The monoisotopic (exact) mass is 387 g/mol. The third kappa shape index (κ3) is 3.78. The van der Waals surface area contributed by atoms with E-state index in [1.165, 1.54) is 0 Å². The normalized spacial score (nSPS) is 15.6. The fourth-order valence-electron chi connectivity index (χ4n) is 3.10. The number of anilines is 1. The highest BCUT2D eigenvalue weighted by Gasteiger charge is 2.35. The molecule has 0 amide bonds. The van der Waals surface area contributed by atoms with Crippen molar-refractivity contribution in [3.8, 4) is 11.5 Å². The molecule has 1 aromatic carbocycles. The third-order valence-corrected chi connectivity index (χ3v) is 4.25. The lowest BCUT2D eigenvalue weighted by Gasteiger charge is -2.27. The topological polar surface area (TPSA) is 100 Å². The first-order chi connectivity index (χ1) is 13.6. The molecule has 28 heavy (non-hydrogen) atoms. The molecule has 1 aliphatic heterocycles. The highest BCUT2D eigenvalue weighted by Crippen LogP contribution is 2.38. The number of ether oxygens (including phenoxy) is 3. The largest absolute Gasteiger partial charge is 0.490 e. The minimum atomic E-state index is -0.537. The second-order valence-corrected chi connectivity index (χ2v) is 6.22. The quantitative estimate of drug-likeness (QED) is 0.690. The number of rotatable bonds is 8. The fraction of sp³-hybridized carbons (Fsp3) is 0.474. The number of carbonyl (C=O) groups is 1. The Hall–Kier alpha value is -3.10. The Labute approximate surface area is 163 Å². The number of esters is 1. The van der Waals surface area contributed by atoms with Gasteiger partial charge in [0, 0.05) is 5.70 Å². The Morgan fingerprint density at radius 1 is 1.18 bits per heavy atom. The zero-order valence-corrected chi connectivity index (χ0v) is 16.6. The second kappa shape index (κ2) is 8.73. The molecular formula is C19H25N5O4. The van der Waals surface area contributed by atoms with Gasteiger partial charge in [-0.2, -0.15) is 4.68 Å². The zero-order chi connectivity index (χ0) is 20.1. The predicted molar refractivity (Wildman–Crippen MR) is 102 cm³/mol. The number of nitrogens with zero attached hydrogens (tertiary/aromatic N) is 4. The first-order valence-electron chi connectivity index (χ1n) is 9.42. The Bertz CT molecular complexity index is 877. The predicted octanol–water partition coefficient (Wildman–Crippen LogP) is 2.71. The number of tetrazole rings is 1. The van der Waals surface area contributed by atoms with Gasteiger partial charge in [-0.3, -0.25) is 0 Å². The van der Waals surface area contributed by atoms with Gasteiger partial charge < -0.3 is 19.5 Å². The van der Waals surface area contributed by atoms with Crippen LogP contribution in [0.2, 0.25) is 0 Å². The Morgan fingerprint density at radius 2 is 1.93 bits per heavy atom. The van der Waals surface area contributed by atoms with E-state index in [9.17, 15) is 4.79 Å². The number of hydrogen-bond donors (Lipinski definition) is 1. The summed E-state index contributed by atoms with van der Waals surface area (Å²) in [6.45, 7) is 8.95. The smallest absolute Gasteiger partial charge is 0.338 e. The van der Waals surface area contributed by atoms with E-state index in [0.717, 1.165) is 12.0 Å². The van der Waals surface area contributed by atoms with Gasteiger partial charge in [-0.05, 0) is 55.3 Å². The summed E-state index contributed by atoms with van der Waals surface area (Å²) >= 11 is 0. The Kier molecular flexibility index (Phi) is 6.13. The van der Waals surface area contributed by atoms with Crippen molar-refractivity contribution < 1.29 is 19.0 Å². The first-order valence-corrected chi connectivity index (χ1v) is 9.42. The van der Waals surface area contributed by atoms with Crippen LogP contribution in [-0.2, 0) is 9.53 Å². The summed E-state index contributed by atoms with van der Waals surface area (Å²) in [5.41, 5.74) is 1.91. The van der Waals surface area contributed by atoms with Gasteiger partial charge in [0.25, 0.3) is 0 Å². The standard InChI is InChI=1S/C19H25N5O4/c1-5-10-28-18(25)16-12(4)20-19-21-22-23-24(19)17(16)13-8-9-14(26-6-2)15(11-13)27-7-3/h8-9,11,17H,5-7,10H2,1-4H3,(H,20,21,23). The van der Waals surface area contributed by atoms with Crippen molar-refractivity contribution >= 4 is 11.9 Å². The molecule has 0 saturated carbocycles. The second-order valence-electron chi connectivity index (χ2n) is 6.22. The molecule has 2 aromatic rings. The van der Waals surface area contributed by atoms with Crippen molar-refractivity contribution in [2.24, 2.45) is 0 Å². The van der Waals surface area contributed by atoms with E-state index in [0.29, 0.717) is 48.5 Å². The van der Waals surface area contributed by atoms with E-state index in [4.69, 9.17) is 14.2 Å². The van der Waals surface area contributed by atoms with Crippen LogP contribution in [0.5, 0.6) is 11.5 Å². The molecule has 0 fully saturated rings. The van der Waals surface area contributed by atoms with Gasteiger partial charge in [0.15, 0.2) is 11.5 Å². The van der Waals surface area contributed by atoms with Crippen LogP contribution in [0.15, 0.2) is 29.5 Å². The van der Waals surface area contributed by atoms with Crippen LogP contribution in [0.1, 0.15) is 45.7 Å². The molecule has 150 valence electrons. The maximum Gasteiger partial charge on any atom is 0.338 e. The van der Waals surface area contributed by atoms with Crippen molar-refractivity contribution in [3.05, 3.63) is 35.0 Å². The third-order valence-electron chi connectivity index (χ3n) is 4.25. The zero-order valence-electron chi connectivity index (χ0n) is 16.6. The van der Waals surface area contributed by atoms with Crippen LogP contribution in [0, 0.1) is 0 Å². The lowest BCUT2D eigenvalue weighted by molar-refractivity contribution is -0.139. The summed E-state index contributed by atoms with van der Waals surface area (Å²) in [6, 6.07) is 5.04. The van der Waals surface area contributed by atoms with Gasteiger partial charge in [0.1, 0.15) is 6.04 Å². The number of carbonyl (C=O) groups excluding carboxylic acids is 1. The number of allylic oxidation sites excluding steroid dienone is 1. The lowest BCUT2D eigenvalue weighted by Crippen LogP contribution is -2.29. The SMILES string of the molecule is CCCOC(=O)C1=C(C)Nc2nnnn2C1c1ccc(OCC)c(OCC)c1. The van der Waals surface area contributed by atoms with E-state index in [1.807, 2.05) is 45.9 Å². The molecule has 0 spiro atoms. The molecule has 1 aromatic heterocycles. The van der Waals surface area contributed by atoms with Crippen LogP contribution in [-0.4, -0.2) is 46.0 Å². The van der Waals surface area contributed by atoms with Gasteiger partial charge in [-0.1, -0.05) is 18.1 Å². The maximum absolute atomic E-state index is 12.8. The van der Waals surface area contributed by atoms with Gasteiger partial charge in [-0.15, -0.1) is 0 Å². The first kappa shape index (κ1) is 19.7. The van der Waals surface area contributed by atoms with E-state index >= 15 is 0 Å². The highest BCUT2D eigenvalue weighted by atomic mass is 16.5. The molecule has 2 heterocycles. The average molecular weight is 387 g/mol. The molecule has 1 atom stereocenters. The highest BCUT2D eigenvalue weighted by molar-refractivity contribution is 5.92. The molecule has 0 radical (unpaired) electrons. The summed E-state index contributed by atoms with van der Waals surface area (Å²) < 4.78 is 18.4. The van der Waals surface area contributed by atoms with Crippen molar-refractivity contribution in [3.63, 3.8) is 0 Å². The molecule has 0 bridgehead atoms. The molecule has 3 rings (SSSR count). The lowest BCUT2D eigenvalue weighted by atomic mass is 9.95. The number of aromatic nitrogens is 4. The molecule has 0 saturated heterocycles. The molecule has 9 heteroatoms. The summed E-state index contributed by atoms with van der Waals surface area (Å²) in [5, 5.41) is 14.9. The van der Waals surface area contributed by atoms with Gasteiger partial charge in [-0.25, -0.2) is 4.79 Å². The average Bonchev–Trinajstić information content (AvgIpc) is 3.14. The summed E-state index contributed by atoms with van der Waals surface area (Å²) in [5.74, 6) is 1.31. The molecular weight excluding hydrogens is 362 g/mol. The number of fused-ring (bicyclic) bond motifs is 1. The summed E-state index contributed by atoms with van der Waals surface area (Å²) in [4.78, 5) is 12.8. The van der Waals surface area contributed by atoms with Crippen molar-refractivity contribution in [2.75, 3.05) is 25.1 Å². The number of hydrogen-bond acceptors (Lipinski definition) is 8. The molecule has 1 N–H and O–H groups in total. The minimum Gasteiger partial charge on any atom is -0.490 e. The summed E-state index contributed by atoms with van der Waals surface area (Å²) in [6.07, 6.45) is 0.740. The van der Waals surface area contributed by atoms with E-state index in [2.05, 4.69) is 20.8 Å². The molecule has 1 aliphatic rings. The van der Waals surface area contributed by atoms with E-state index in [-0.39, 0.29) is 0 Å². The molecule has 0 aliphatic carbocycles. The Morgan fingerprint density at radius 3 is 2.64 bits per heavy atom. The van der Waals surface area contributed by atoms with Crippen LogP contribution >= 0.6 is 0 Å². The van der Waals surface area contributed by atoms with Gasteiger partial charge in [0.05, 0.1) is 25.4 Å². The van der Waals surface area contributed by atoms with Gasteiger partial charge in [0.2, 0.25) is 5.95 Å². The molecule has 9 nitrogen and oxygen atoms in total. The van der Waals surface area contributed by atoms with Crippen LogP contribution in [0.3, 0.4) is 0 Å². The Balaban J connectivity index is 2.08. The molecule has 1 unspecified atom stereocenters. The van der Waals surface area contributed by atoms with E-state index in [1.54, 1.807) is 4.68 Å². The summed E-state index contributed by atoms with van der Waals surface area (Å²) in [7, 11) is 0. The van der Waals surface area contributed by atoms with Gasteiger partial charge >= 0.3 is 5.97 Å². The van der Waals surface area contributed by atoms with Crippen molar-refractivity contribution in [1.82, 2.24) is 20.2 Å². The number of nitrogens with one attached hydrogen (secondary N) is 1. The van der Waals surface area contributed by atoms with Crippen LogP contribution < -0.4 is 14.8 Å².